The molecule has 1 saturated heterocycles. The number of aromatic nitrogens is 2. The van der Waals surface area contributed by atoms with Crippen LogP contribution in [0.25, 0.3) is 10.6 Å². The van der Waals surface area contributed by atoms with Crippen molar-refractivity contribution in [3.05, 3.63) is 52.0 Å². The first-order chi connectivity index (χ1) is 13.6. The number of amides is 1. The van der Waals surface area contributed by atoms with Gasteiger partial charge >= 0.3 is 0 Å². The van der Waals surface area contributed by atoms with E-state index in [4.69, 9.17) is 4.74 Å². The molecule has 1 amide bonds. The molecule has 3 aromatic rings. The van der Waals surface area contributed by atoms with Crippen molar-refractivity contribution in [2.75, 3.05) is 31.6 Å². The predicted molar refractivity (Wildman–Crippen MR) is 113 cm³/mol. The second-order valence-corrected chi connectivity index (χ2v) is 8.80. The minimum absolute atomic E-state index is 0.00626. The van der Waals surface area contributed by atoms with Crippen molar-refractivity contribution in [2.45, 2.75) is 20.0 Å². The molecule has 1 fully saturated rings. The Hall–Kier alpha value is -2.13. The van der Waals surface area contributed by atoms with Crippen LogP contribution in [-0.4, -0.2) is 47.0 Å². The maximum atomic E-state index is 12.5. The monoisotopic (exact) mass is 414 g/mol. The zero-order valence-electron chi connectivity index (χ0n) is 15.8. The van der Waals surface area contributed by atoms with Crippen LogP contribution in [0.3, 0.4) is 0 Å². The molecule has 0 spiro atoms. The first kappa shape index (κ1) is 19.2. The molecule has 8 heteroatoms. The van der Waals surface area contributed by atoms with Crippen molar-refractivity contribution < 1.29 is 9.53 Å². The topological polar surface area (TPSA) is 67.4 Å². The highest BCUT2D eigenvalue weighted by Gasteiger charge is 2.23. The molecular formula is C20H22N4O2S2. The molecule has 1 aromatic carbocycles. The van der Waals surface area contributed by atoms with Crippen LogP contribution in [0.1, 0.15) is 22.4 Å². The highest BCUT2D eigenvalue weighted by atomic mass is 32.1. The summed E-state index contributed by atoms with van der Waals surface area (Å²) in [6.45, 7) is 6.39. The van der Waals surface area contributed by atoms with Gasteiger partial charge in [0.1, 0.15) is 0 Å². The van der Waals surface area contributed by atoms with Gasteiger partial charge in [-0.15, -0.1) is 22.7 Å². The fourth-order valence-corrected chi connectivity index (χ4v) is 4.95. The largest absolute Gasteiger partial charge is 0.371 e. The highest BCUT2D eigenvalue weighted by Crippen LogP contribution is 2.32. The van der Waals surface area contributed by atoms with Crippen molar-refractivity contribution in [3.8, 4) is 10.6 Å². The van der Waals surface area contributed by atoms with Gasteiger partial charge in [-0.05, 0) is 19.4 Å². The molecule has 28 heavy (non-hydrogen) atoms. The molecule has 0 saturated carbocycles. The zero-order chi connectivity index (χ0) is 19.5. The number of aryl methyl sites for hydroxylation is 2. The van der Waals surface area contributed by atoms with Crippen LogP contribution in [0.4, 0.5) is 5.13 Å². The summed E-state index contributed by atoms with van der Waals surface area (Å²) in [4.78, 5) is 24.7. The Labute approximate surface area is 172 Å². The molecule has 2 aromatic heterocycles. The second kappa shape index (κ2) is 8.48. The summed E-state index contributed by atoms with van der Waals surface area (Å²) < 4.78 is 5.87. The molecular weight excluding hydrogens is 392 g/mol. The molecule has 1 aliphatic heterocycles. The Morgan fingerprint density at radius 3 is 2.86 bits per heavy atom. The van der Waals surface area contributed by atoms with E-state index in [1.165, 1.54) is 11.3 Å². The fourth-order valence-electron chi connectivity index (χ4n) is 3.28. The predicted octanol–water partition coefficient (Wildman–Crippen LogP) is 3.90. The van der Waals surface area contributed by atoms with Crippen molar-refractivity contribution in [1.82, 2.24) is 14.9 Å². The number of ether oxygens (including phenoxy) is 1. The van der Waals surface area contributed by atoms with Crippen molar-refractivity contribution in [1.29, 1.82) is 0 Å². The third-order valence-electron chi connectivity index (χ3n) is 4.58. The average Bonchev–Trinajstić information content (AvgIpc) is 3.28. The van der Waals surface area contributed by atoms with Gasteiger partial charge in [-0.25, -0.2) is 9.97 Å². The van der Waals surface area contributed by atoms with E-state index in [1.54, 1.807) is 11.3 Å². The summed E-state index contributed by atoms with van der Waals surface area (Å²) >= 11 is 3.07. The summed E-state index contributed by atoms with van der Waals surface area (Å²) in [7, 11) is 0. The first-order valence-electron chi connectivity index (χ1n) is 9.17. The lowest BCUT2D eigenvalue weighted by molar-refractivity contribution is -0.119. The average molecular weight is 415 g/mol. The van der Waals surface area contributed by atoms with Crippen LogP contribution in [0.5, 0.6) is 0 Å². The number of carbonyl (C=O) groups is 1. The van der Waals surface area contributed by atoms with E-state index < -0.39 is 0 Å². The van der Waals surface area contributed by atoms with Crippen LogP contribution in [-0.2, 0) is 9.53 Å². The Balaban J connectivity index is 1.35. The minimum Gasteiger partial charge on any atom is -0.371 e. The maximum Gasteiger partial charge on any atom is 0.240 e. The Morgan fingerprint density at radius 2 is 2.11 bits per heavy atom. The van der Waals surface area contributed by atoms with Gasteiger partial charge in [-0.1, -0.05) is 30.3 Å². The summed E-state index contributed by atoms with van der Waals surface area (Å²) in [6.07, 6.45) is 0.00626. The van der Waals surface area contributed by atoms with Gasteiger partial charge in [0, 0.05) is 18.5 Å². The molecule has 4 rings (SSSR count). The molecule has 1 N–H and O–H groups in total. The van der Waals surface area contributed by atoms with Gasteiger partial charge < -0.3 is 10.1 Å². The normalized spacial score (nSPS) is 17.6. The van der Waals surface area contributed by atoms with Gasteiger partial charge in [0.05, 0.1) is 40.5 Å². The van der Waals surface area contributed by atoms with E-state index in [0.29, 0.717) is 24.8 Å². The third-order valence-corrected chi connectivity index (χ3v) is 6.43. The van der Waals surface area contributed by atoms with Crippen molar-refractivity contribution >= 4 is 33.7 Å². The maximum absolute atomic E-state index is 12.5. The highest BCUT2D eigenvalue weighted by molar-refractivity contribution is 7.16. The number of morpholine rings is 1. The number of rotatable bonds is 5. The van der Waals surface area contributed by atoms with Crippen molar-refractivity contribution in [3.63, 3.8) is 0 Å². The lowest BCUT2D eigenvalue weighted by Gasteiger charge is -2.32. The summed E-state index contributed by atoms with van der Waals surface area (Å²) in [5, 5.41) is 6.54. The molecule has 6 nitrogen and oxygen atoms in total. The summed E-state index contributed by atoms with van der Waals surface area (Å²) in [6, 6.07) is 10.1. The number of nitrogens with zero attached hydrogens (tertiary/aromatic N) is 3. The van der Waals surface area contributed by atoms with Gasteiger partial charge in [0.15, 0.2) is 5.13 Å². The molecule has 146 valence electrons. The molecule has 1 atom stereocenters. The SMILES string of the molecule is Cc1nc(C)c(-c2csc(NC(=O)CN3CCOC(c4ccccc4)C3)n2)s1. The lowest BCUT2D eigenvalue weighted by Crippen LogP contribution is -2.42. The second-order valence-electron chi connectivity index (χ2n) is 6.74. The Bertz CT molecular complexity index is 954. The van der Waals surface area contributed by atoms with E-state index >= 15 is 0 Å². The lowest BCUT2D eigenvalue weighted by atomic mass is 10.1. The third kappa shape index (κ3) is 4.47. The number of hydrogen-bond acceptors (Lipinski definition) is 7. The summed E-state index contributed by atoms with van der Waals surface area (Å²) in [5.74, 6) is -0.0492. The van der Waals surface area contributed by atoms with E-state index in [0.717, 1.165) is 33.4 Å². The van der Waals surface area contributed by atoms with Gasteiger partial charge in [-0.3, -0.25) is 9.69 Å². The smallest absolute Gasteiger partial charge is 0.240 e. The van der Waals surface area contributed by atoms with Crippen LogP contribution < -0.4 is 5.32 Å². The minimum atomic E-state index is -0.0492. The van der Waals surface area contributed by atoms with Crippen molar-refractivity contribution in [2.24, 2.45) is 0 Å². The zero-order valence-corrected chi connectivity index (χ0v) is 17.5. The molecule has 3 heterocycles. The van der Waals surface area contributed by atoms with Crippen LogP contribution >= 0.6 is 22.7 Å². The standard InChI is InChI=1S/C20H22N4O2S2/c1-13-19(28-14(2)21-13)16-12-27-20(22-16)23-18(25)11-24-8-9-26-17(10-24)15-6-4-3-5-7-15/h3-7,12,17H,8-11H2,1-2H3,(H,22,23,25). The van der Waals surface area contributed by atoms with Gasteiger partial charge in [0.25, 0.3) is 0 Å². The van der Waals surface area contributed by atoms with Crippen LogP contribution in [0, 0.1) is 13.8 Å². The van der Waals surface area contributed by atoms with Gasteiger partial charge in [-0.2, -0.15) is 0 Å². The Morgan fingerprint density at radius 1 is 1.29 bits per heavy atom. The number of thiazole rings is 2. The van der Waals surface area contributed by atoms with Gasteiger partial charge in [0.2, 0.25) is 5.91 Å². The molecule has 0 aliphatic carbocycles. The van der Waals surface area contributed by atoms with E-state index in [1.807, 2.05) is 37.4 Å². The fraction of sp³-hybridized carbons (Fsp3) is 0.350. The van der Waals surface area contributed by atoms with E-state index in [-0.39, 0.29) is 12.0 Å². The van der Waals surface area contributed by atoms with Crippen LogP contribution in [0.15, 0.2) is 35.7 Å². The quantitative estimate of drug-likeness (QED) is 0.686. The number of hydrogen-bond donors (Lipinski definition) is 1. The molecule has 1 unspecified atom stereocenters. The Kier molecular flexibility index (Phi) is 5.82. The van der Waals surface area contributed by atoms with E-state index in [2.05, 4.69) is 32.3 Å². The number of carbonyl (C=O) groups excluding carboxylic acids is 1. The number of benzene rings is 1. The van der Waals surface area contributed by atoms with Crippen LogP contribution in [0.2, 0.25) is 0 Å². The first-order valence-corrected chi connectivity index (χ1v) is 10.9. The number of anilines is 1. The molecule has 0 radical (unpaired) electrons. The van der Waals surface area contributed by atoms with E-state index in [9.17, 15) is 4.79 Å². The summed E-state index contributed by atoms with van der Waals surface area (Å²) in [5.41, 5.74) is 3.00. The molecule has 0 bridgehead atoms. The number of nitrogens with one attached hydrogen (secondary N) is 1. The molecule has 1 aliphatic rings.